The predicted molar refractivity (Wildman–Crippen MR) is 125 cm³/mol. The van der Waals surface area contributed by atoms with Crippen LogP contribution in [-0.2, 0) is 0 Å². The van der Waals surface area contributed by atoms with E-state index in [1.165, 1.54) is 11.3 Å². The molecule has 1 N–H and O–H groups in total. The Labute approximate surface area is 196 Å². The Morgan fingerprint density at radius 2 is 2.09 bits per heavy atom. The molecule has 7 nitrogen and oxygen atoms in total. The monoisotopic (exact) mass is 464 g/mol. The minimum atomic E-state index is -0.862. The Kier molecular flexibility index (Phi) is 5.94. The first-order valence-electron chi connectivity index (χ1n) is 11.4. The van der Waals surface area contributed by atoms with Crippen molar-refractivity contribution in [3.8, 4) is 34.5 Å². The van der Waals surface area contributed by atoms with Gasteiger partial charge >= 0.3 is 0 Å². The maximum atomic E-state index is 14.9. The van der Waals surface area contributed by atoms with Crippen LogP contribution in [0.4, 0.5) is 10.2 Å². The number of nitrogens with zero attached hydrogens (tertiary/aromatic N) is 6. The molecule has 2 fully saturated rings. The number of alkyl halides is 1. The number of phenolic OH excluding ortho intramolecular Hbond substituents is 1. The molecule has 0 aliphatic heterocycles. The van der Waals surface area contributed by atoms with Crippen molar-refractivity contribution < 1.29 is 9.50 Å². The second-order valence-corrected chi connectivity index (χ2v) is 9.69. The van der Waals surface area contributed by atoms with Crippen LogP contribution in [0.3, 0.4) is 0 Å². The van der Waals surface area contributed by atoms with Crippen molar-refractivity contribution in [2.24, 2.45) is 5.92 Å². The largest absolute Gasteiger partial charge is 0.507 e. The van der Waals surface area contributed by atoms with Crippen LogP contribution < -0.4 is 4.90 Å². The van der Waals surface area contributed by atoms with E-state index < -0.39 is 6.17 Å². The minimum Gasteiger partial charge on any atom is -0.507 e. The van der Waals surface area contributed by atoms with Crippen LogP contribution in [0.25, 0.3) is 22.6 Å². The number of rotatable bonds is 6. The van der Waals surface area contributed by atoms with E-state index in [4.69, 9.17) is 5.26 Å². The highest BCUT2D eigenvalue weighted by molar-refractivity contribution is 7.10. The number of anilines is 1. The molecule has 0 bridgehead atoms. The molecule has 33 heavy (non-hydrogen) atoms. The third-order valence-electron chi connectivity index (χ3n) is 6.67. The molecule has 5 rings (SSSR count). The van der Waals surface area contributed by atoms with Crippen LogP contribution in [0.1, 0.15) is 50.5 Å². The first kappa shape index (κ1) is 21.7. The third-order valence-corrected chi connectivity index (χ3v) is 7.41. The molecule has 3 aromatic rings. The maximum absolute atomic E-state index is 14.9. The molecular formula is C24H25FN6OS. The second-order valence-electron chi connectivity index (χ2n) is 8.83. The Morgan fingerprint density at radius 3 is 2.73 bits per heavy atom. The van der Waals surface area contributed by atoms with Gasteiger partial charge < -0.3 is 10.0 Å². The van der Waals surface area contributed by atoms with E-state index >= 15 is 0 Å². The Balaban J connectivity index is 1.39. The maximum Gasteiger partial charge on any atom is 0.194 e. The highest BCUT2D eigenvalue weighted by Gasteiger charge is 2.41. The van der Waals surface area contributed by atoms with Crippen molar-refractivity contribution in [3.63, 3.8) is 0 Å². The molecule has 2 heterocycles. The van der Waals surface area contributed by atoms with Crippen molar-refractivity contribution in [1.82, 2.24) is 20.2 Å². The molecular weight excluding hydrogens is 439 g/mol. The van der Waals surface area contributed by atoms with Crippen LogP contribution in [-0.4, -0.2) is 43.5 Å². The number of aromatic hydroxyl groups is 1. The standard InChI is InChI=1S/C24H25FN6OS/c1-2-14-3-8-18(25)20(9-14)31(16-5-6-16)22-12-27-24(30-29-22)17-7-4-15(10-21(17)32)19-13-33-23(11-26)28-19/h4,7,10,12-14,16,18,20,32H,2-3,5-6,8-9H2,1H3/t14-,18+,20-/m1/s1. The summed E-state index contributed by atoms with van der Waals surface area (Å²) >= 11 is 1.26. The SMILES string of the molecule is CC[C@@H]1CC[C@H](F)[C@H](N(c2cnc(-c3ccc(-c4csc(C#N)n4)cc3O)nn2)C2CC2)C1. The van der Waals surface area contributed by atoms with Gasteiger partial charge in [-0.2, -0.15) is 5.26 Å². The highest BCUT2D eigenvalue weighted by Crippen LogP contribution is 2.40. The summed E-state index contributed by atoms with van der Waals surface area (Å²) in [5.74, 6) is 1.46. The molecule has 0 radical (unpaired) electrons. The zero-order chi connectivity index (χ0) is 22.9. The molecule has 2 aromatic heterocycles. The number of halogens is 1. The zero-order valence-corrected chi connectivity index (χ0v) is 19.2. The van der Waals surface area contributed by atoms with Crippen molar-refractivity contribution >= 4 is 17.2 Å². The van der Waals surface area contributed by atoms with Crippen LogP contribution in [0, 0.1) is 17.2 Å². The van der Waals surface area contributed by atoms with Gasteiger partial charge in [0, 0.05) is 17.0 Å². The van der Waals surface area contributed by atoms with E-state index in [2.05, 4.69) is 32.0 Å². The molecule has 2 saturated carbocycles. The molecule has 2 aliphatic carbocycles. The molecule has 2 aliphatic rings. The molecule has 170 valence electrons. The van der Waals surface area contributed by atoms with E-state index in [1.807, 2.05) is 6.07 Å². The molecule has 9 heteroatoms. The predicted octanol–water partition coefficient (Wildman–Crippen LogP) is 5.12. The summed E-state index contributed by atoms with van der Waals surface area (Å²) in [5.41, 5.74) is 1.79. The zero-order valence-electron chi connectivity index (χ0n) is 18.4. The molecule has 0 unspecified atom stereocenters. The average Bonchev–Trinajstić information content (AvgIpc) is 3.55. The molecule has 0 amide bonds. The van der Waals surface area contributed by atoms with E-state index in [-0.39, 0.29) is 11.8 Å². The first-order valence-corrected chi connectivity index (χ1v) is 12.3. The second kappa shape index (κ2) is 9.02. The van der Waals surface area contributed by atoms with Crippen LogP contribution in [0.2, 0.25) is 0 Å². The Morgan fingerprint density at radius 1 is 1.24 bits per heavy atom. The minimum absolute atomic E-state index is 0.00879. The summed E-state index contributed by atoms with van der Waals surface area (Å²) in [5, 5.41) is 30.4. The fraction of sp³-hybridized carbons (Fsp3) is 0.458. The number of phenols is 1. The molecule has 0 saturated heterocycles. The van der Waals surface area contributed by atoms with Gasteiger partial charge in [-0.05, 0) is 50.2 Å². The normalized spacial score (nSPS) is 22.6. The molecule has 1 aromatic carbocycles. The van der Waals surface area contributed by atoms with Gasteiger partial charge in [-0.15, -0.1) is 21.5 Å². The van der Waals surface area contributed by atoms with Gasteiger partial charge in [0.15, 0.2) is 16.6 Å². The number of aromatic nitrogens is 4. The van der Waals surface area contributed by atoms with Crippen molar-refractivity contribution in [2.75, 3.05) is 4.90 Å². The van der Waals surface area contributed by atoms with E-state index in [0.29, 0.717) is 51.9 Å². The number of nitriles is 1. The number of thiazole rings is 1. The fourth-order valence-electron chi connectivity index (χ4n) is 4.68. The smallest absolute Gasteiger partial charge is 0.194 e. The van der Waals surface area contributed by atoms with Gasteiger partial charge in [0.05, 0.1) is 23.5 Å². The van der Waals surface area contributed by atoms with E-state index in [9.17, 15) is 9.50 Å². The summed E-state index contributed by atoms with van der Waals surface area (Å²) in [6, 6.07) is 7.25. The van der Waals surface area contributed by atoms with Crippen LogP contribution in [0.5, 0.6) is 5.75 Å². The topological polar surface area (TPSA) is 98.8 Å². The van der Waals surface area contributed by atoms with E-state index in [0.717, 1.165) is 32.1 Å². The first-order chi connectivity index (χ1) is 16.1. The fourth-order valence-corrected chi connectivity index (χ4v) is 5.30. The Bertz CT molecular complexity index is 1170. The van der Waals surface area contributed by atoms with Gasteiger partial charge in [0.2, 0.25) is 0 Å². The lowest BCUT2D eigenvalue weighted by atomic mass is 9.82. The average molecular weight is 465 g/mol. The number of hydrogen-bond acceptors (Lipinski definition) is 8. The number of hydrogen-bond donors (Lipinski definition) is 1. The van der Waals surface area contributed by atoms with Gasteiger partial charge in [-0.1, -0.05) is 19.4 Å². The summed E-state index contributed by atoms with van der Waals surface area (Å²) in [6.45, 7) is 2.17. The molecule has 0 spiro atoms. The van der Waals surface area contributed by atoms with Crippen LogP contribution >= 0.6 is 11.3 Å². The lowest BCUT2D eigenvalue weighted by Crippen LogP contribution is -2.47. The van der Waals surface area contributed by atoms with Gasteiger partial charge in [-0.3, -0.25) is 0 Å². The molecule has 3 atom stereocenters. The summed E-state index contributed by atoms with van der Waals surface area (Å²) in [6.07, 6.45) is 6.31. The van der Waals surface area contributed by atoms with Gasteiger partial charge in [0.1, 0.15) is 18.0 Å². The lowest BCUT2D eigenvalue weighted by molar-refractivity contribution is 0.166. The van der Waals surface area contributed by atoms with Gasteiger partial charge in [-0.25, -0.2) is 14.4 Å². The quantitative estimate of drug-likeness (QED) is 0.540. The third kappa shape index (κ3) is 4.40. The highest BCUT2D eigenvalue weighted by atomic mass is 32.1. The van der Waals surface area contributed by atoms with Gasteiger partial charge in [0.25, 0.3) is 0 Å². The van der Waals surface area contributed by atoms with Crippen molar-refractivity contribution in [3.05, 3.63) is 34.8 Å². The van der Waals surface area contributed by atoms with Crippen LogP contribution in [0.15, 0.2) is 29.8 Å². The van der Waals surface area contributed by atoms with Crippen molar-refractivity contribution in [1.29, 1.82) is 5.26 Å². The lowest BCUT2D eigenvalue weighted by Gasteiger charge is -2.40. The summed E-state index contributed by atoms with van der Waals surface area (Å²) < 4.78 is 14.9. The number of benzene rings is 1. The summed E-state index contributed by atoms with van der Waals surface area (Å²) in [4.78, 5) is 10.8. The van der Waals surface area contributed by atoms with Crippen molar-refractivity contribution in [2.45, 2.75) is 63.7 Å². The van der Waals surface area contributed by atoms with E-state index in [1.54, 1.807) is 29.8 Å². The Hall–Kier alpha value is -3.12. The summed E-state index contributed by atoms with van der Waals surface area (Å²) in [7, 11) is 0.